The van der Waals surface area contributed by atoms with E-state index in [1.807, 2.05) is 12.1 Å². The number of ether oxygens (including phenoxy) is 3. The SMILES string of the molecule is COc1ccccc1OCCC(=O)N(C)Cc1ccc(OC(F)F)cc1. The number of hydrogen-bond donors (Lipinski definition) is 0. The van der Waals surface area contributed by atoms with Crippen molar-refractivity contribution in [2.45, 2.75) is 19.6 Å². The topological polar surface area (TPSA) is 48.0 Å². The highest BCUT2D eigenvalue weighted by Crippen LogP contribution is 2.25. The average Bonchev–Trinajstić information content (AvgIpc) is 2.63. The Labute approximate surface area is 151 Å². The molecule has 7 heteroatoms. The van der Waals surface area contributed by atoms with Gasteiger partial charge in [0.1, 0.15) is 5.75 Å². The highest BCUT2D eigenvalue weighted by Gasteiger charge is 2.11. The average molecular weight is 365 g/mol. The third-order valence-electron chi connectivity index (χ3n) is 3.64. The molecule has 0 saturated carbocycles. The van der Waals surface area contributed by atoms with Crippen molar-refractivity contribution in [2.24, 2.45) is 0 Å². The number of hydrogen-bond acceptors (Lipinski definition) is 4. The summed E-state index contributed by atoms with van der Waals surface area (Å²) in [5.74, 6) is 1.19. The summed E-state index contributed by atoms with van der Waals surface area (Å²) in [6.45, 7) is -2.26. The number of halogens is 2. The van der Waals surface area contributed by atoms with Gasteiger partial charge in [-0.1, -0.05) is 24.3 Å². The monoisotopic (exact) mass is 365 g/mol. The van der Waals surface area contributed by atoms with Crippen molar-refractivity contribution in [3.8, 4) is 17.2 Å². The number of methoxy groups -OCH3 is 1. The van der Waals surface area contributed by atoms with Gasteiger partial charge >= 0.3 is 6.61 Å². The van der Waals surface area contributed by atoms with Gasteiger partial charge in [-0.15, -0.1) is 0 Å². The summed E-state index contributed by atoms with van der Waals surface area (Å²) in [5, 5.41) is 0. The Morgan fingerprint density at radius 1 is 1.08 bits per heavy atom. The lowest BCUT2D eigenvalue weighted by molar-refractivity contribution is -0.130. The normalized spacial score (nSPS) is 10.5. The van der Waals surface area contributed by atoms with Gasteiger partial charge in [-0.3, -0.25) is 4.79 Å². The summed E-state index contributed by atoms with van der Waals surface area (Å²) in [6, 6.07) is 13.4. The highest BCUT2D eigenvalue weighted by atomic mass is 19.3. The molecule has 0 N–H and O–H groups in total. The molecule has 5 nitrogen and oxygen atoms in total. The summed E-state index contributed by atoms with van der Waals surface area (Å²) in [5.41, 5.74) is 0.813. The maximum atomic E-state index is 12.2. The van der Waals surface area contributed by atoms with Gasteiger partial charge in [-0.05, 0) is 29.8 Å². The van der Waals surface area contributed by atoms with Crippen LogP contribution in [-0.2, 0) is 11.3 Å². The van der Waals surface area contributed by atoms with E-state index in [1.54, 1.807) is 43.3 Å². The lowest BCUT2D eigenvalue weighted by Gasteiger charge is -2.18. The first-order valence-corrected chi connectivity index (χ1v) is 8.03. The minimum absolute atomic E-state index is 0.0861. The van der Waals surface area contributed by atoms with Crippen LogP contribution in [0.5, 0.6) is 17.2 Å². The van der Waals surface area contributed by atoms with Crippen molar-refractivity contribution < 1.29 is 27.8 Å². The second kappa shape index (κ2) is 9.60. The van der Waals surface area contributed by atoms with E-state index < -0.39 is 6.61 Å². The van der Waals surface area contributed by atoms with Crippen LogP contribution in [0.15, 0.2) is 48.5 Å². The number of carbonyl (C=O) groups excluding carboxylic acids is 1. The first-order chi connectivity index (χ1) is 12.5. The van der Waals surface area contributed by atoms with E-state index in [1.165, 1.54) is 12.1 Å². The summed E-state index contributed by atoms with van der Waals surface area (Å²) in [7, 11) is 3.23. The van der Waals surface area contributed by atoms with E-state index >= 15 is 0 Å². The first-order valence-electron chi connectivity index (χ1n) is 8.03. The molecule has 0 saturated heterocycles. The first kappa shape index (κ1) is 19.5. The Bertz CT molecular complexity index is 707. The van der Waals surface area contributed by atoms with Crippen LogP contribution < -0.4 is 14.2 Å². The van der Waals surface area contributed by atoms with Crippen molar-refractivity contribution in [1.82, 2.24) is 4.90 Å². The summed E-state index contributed by atoms with van der Waals surface area (Å²) in [4.78, 5) is 13.7. The Hall–Kier alpha value is -2.83. The van der Waals surface area contributed by atoms with E-state index in [4.69, 9.17) is 9.47 Å². The Morgan fingerprint density at radius 3 is 2.35 bits per heavy atom. The maximum Gasteiger partial charge on any atom is 0.387 e. The number of benzene rings is 2. The predicted octanol–water partition coefficient (Wildman–Crippen LogP) is 3.72. The van der Waals surface area contributed by atoms with Gasteiger partial charge < -0.3 is 19.1 Å². The molecule has 0 radical (unpaired) electrons. The quantitative estimate of drug-likeness (QED) is 0.680. The minimum atomic E-state index is -2.85. The number of para-hydroxylation sites is 2. The van der Waals surface area contributed by atoms with Gasteiger partial charge in [0, 0.05) is 13.6 Å². The second-order valence-corrected chi connectivity index (χ2v) is 5.52. The summed E-state index contributed by atoms with van der Waals surface area (Å²) < 4.78 is 39.3. The standard InChI is InChI=1S/C19H21F2NO4/c1-22(13-14-7-9-15(10-8-14)26-19(20)21)18(23)11-12-25-17-6-4-3-5-16(17)24-2/h3-10,19H,11-13H2,1-2H3. The zero-order valence-corrected chi connectivity index (χ0v) is 14.7. The van der Waals surface area contributed by atoms with Gasteiger partial charge in [0.25, 0.3) is 0 Å². The fraction of sp³-hybridized carbons (Fsp3) is 0.316. The van der Waals surface area contributed by atoms with Crippen molar-refractivity contribution in [1.29, 1.82) is 0 Å². The molecule has 2 aromatic carbocycles. The van der Waals surface area contributed by atoms with E-state index in [9.17, 15) is 13.6 Å². The zero-order chi connectivity index (χ0) is 18.9. The van der Waals surface area contributed by atoms with Gasteiger partial charge in [0.2, 0.25) is 5.91 Å². The highest BCUT2D eigenvalue weighted by molar-refractivity contribution is 5.76. The Morgan fingerprint density at radius 2 is 1.73 bits per heavy atom. The van der Waals surface area contributed by atoms with E-state index in [0.29, 0.717) is 18.0 Å². The van der Waals surface area contributed by atoms with Crippen LogP contribution in [0.1, 0.15) is 12.0 Å². The fourth-order valence-electron chi connectivity index (χ4n) is 2.32. The molecule has 0 aliphatic rings. The van der Waals surface area contributed by atoms with Crippen LogP contribution in [0.25, 0.3) is 0 Å². The minimum Gasteiger partial charge on any atom is -0.493 e. The molecule has 0 aliphatic carbocycles. The van der Waals surface area contributed by atoms with Crippen LogP contribution in [0, 0.1) is 0 Å². The Kier molecular flexibility index (Phi) is 7.20. The van der Waals surface area contributed by atoms with Gasteiger partial charge in [0.15, 0.2) is 11.5 Å². The van der Waals surface area contributed by atoms with Crippen molar-refractivity contribution in [3.63, 3.8) is 0 Å². The third kappa shape index (κ3) is 5.91. The number of nitrogens with zero attached hydrogens (tertiary/aromatic N) is 1. The molecule has 2 rings (SSSR count). The second-order valence-electron chi connectivity index (χ2n) is 5.52. The molecule has 0 unspecified atom stereocenters. The molecule has 0 fully saturated rings. The molecule has 0 aliphatic heterocycles. The molecular weight excluding hydrogens is 344 g/mol. The molecule has 0 atom stereocenters. The van der Waals surface area contributed by atoms with Gasteiger partial charge in [0.05, 0.1) is 20.1 Å². The lowest BCUT2D eigenvalue weighted by atomic mass is 10.2. The molecule has 1 amide bonds. The van der Waals surface area contributed by atoms with Crippen molar-refractivity contribution >= 4 is 5.91 Å². The number of amides is 1. The molecule has 0 heterocycles. The van der Waals surface area contributed by atoms with Crippen LogP contribution in [0.2, 0.25) is 0 Å². The van der Waals surface area contributed by atoms with Crippen molar-refractivity contribution in [2.75, 3.05) is 20.8 Å². The van der Waals surface area contributed by atoms with Crippen LogP contribution in [0.4, 0.5) is 8.78 Å². The number of rotatable bonds is 9. The van der Waals surface area contributed by atoms with E-state index in [0.717, 1.165) is 5.56 Å². The number of alkyl halides is 2. The molecule has 0 aromatic heterocycles. The van der Waals surface area contributed by atoms with E-state index in [-0.39, 0.29) is 24.7 Å². The molecule has 0 bridgehead atoms. The van der Waals surface area contributed by atoms with E-state index in [2.05, 4.69) is 4.74 Å². The summed E-state index contributed by atoms with van der Waals surface area (Å²) >= 11 is 0. The van der Waals surface area contributed by atoms with Crippen LogP contribution >= 0.6 is 0 Å². The van der Waals surface area contributed by atoms with Crippen LogP contribution in [0.3, 0.4) is 0 Å². The summed E-state index contributed by atoms with van der Waals surface area (Å²) in [6.07, 6.45) is 0.209. The largest absolute Gasteiger partial charge is 0.493 e. The van der Waals surface area contributed by atoms with Gasteiger partial charge in [-0.25, -0.2) is 0 Å². The third-order valence-corrected chi connectivity index (χ3v) is 3.64. The lowest BCUT2D eigenvalue weighted by Crippen LogP contribution is -2.27. The van der Waals surface area contributed by atoms with Crippen molar-refractivity contribution in [3.05, 3.63) is 54.1 Å². The molecule has 2 aromatic rings. The van der Waals surface area contributed by atoms with Crippen LogP contribution in [-0.4, -0.2) is 38.2 Å². The Balaban J connectivity index is 1.80. The fourth-order valence-corrected chi connectivity index (χ4v) is 2.32. The van der Waals surface area contributed by atoms with Gasteiger partial charge in [-0.2, -0.15) is 8.78 Å². The molecule has 0 spiro atoms. The molecular formula is C19H21F2NO4. The molecule has 140 valence electrons. The zero-order valence-electron chi connectivity index (χ0n) is 14.7. The maximum absolute atomic E-state index is 12.2. The molecule has 26 heavy (non-hydrogen) atoms. The predicted molar refractivity (Wildman–Crippen MR) is 92.7 cm³/mol. The smallest absolute Gasteiger partial charge is 0.387 e. The number of carbonyl (C=O) groups is 1.